The van der Waals surface area contributed by atoms with Gasteiger partial charge in [0.25, 0.3) is 5.91 Å². The summed E-state index contributed by atoms with van der Waals surface area (Å²) in [5.74, 6) is -0.199. The molecule has 2 aromatic rings. The molecule has 1 aliphatic rings. The summed E-state index contributed by atoms with van der Waals surface area (Å²) in [5.41, 5.74) is 2.92. The van der Waals surface area contributed by atoms with Crippen molar-refractivity contribution in [3.63, 3.8) is 0 Å². The van der Waals surface area contributed by atoms with Crippen molar-refractivity contribution in [2.75, 3.05) is 6.54 Å². The van der Waals surface area contributed by atoms with E-state index in [9.17, 15) is 9.90 Å². The highest BCUT2D eigenvalue weighted by Crippen LogP contribution is 2.34. The number of nitrogens with zero attached hydrogens (tertiary/aromatic N) is 1. The van der Waals surface area contributed by atoms with Crippen LogP contribution in [0, 0.1) is 6.92 Å². The highest BCUT2D eigenvalue weighted by atomic mass is 16.3. The van der Waals surface area contributed by atoms with Crippen molar-refractivity contribution in [1.29, 1.82) is 0 Å². The molecule has 0 aliphatic carbocycles. The van der Waals surface area contributed by atoms with Gasteiger partial charge in [0.2, 0.25) is 0 Å². The second kappa shape index (κ2) is 6.32. The first-order chi connectivity index (χ1) is 10.7. The molecule has 1 fully saturated rings. The Labute approximate surface area is 131 Å². The van der Waals surface area contributed by atoms with E-state index in [4.69, 9.17) is 0 Å². The first-order valence-corrected chi connectivity index (χ1v) is 7.77. The molecule has 3 heteroatoms. The Kier molecular flexibility index (Phi) is 4.25. The van der Waals surface area contributed by atoms with Crippen molar-refractivity contribution in [2.45, 2.75) is 31.9 Å². The third-order valence-corrected chi connectivity index (χ3v) is 4.35. The SMILES string of the molecule is Cc1ccc(C(O)C(=O)N2CCCC2c2ccccc2)cc1. The molecule has 1 heterocycles. The van der Waals surface area contributed by atoms with E-state index < -0.39 is 6.10 Å². The third-order valence-electron chi connectivity index (χ3n) is 4.35. The van der Waals surface area contributed by atoms with Gasteiger partial charge in [-0.1, -0.05) is 60.2 Å². The fourth-order valence-corrected chi connectivity index (χ4v) is 3.10. The van der Waals surface area contributed by atoms with E-state index in [0.29, 0.717) is 12.1 Å². The van der Waals surface area contributed by atoms with Crippen LogP contribution in [0.25, 0.3) is 0 Å². The number of hydrogen-bond donors (Lipinski definition) is 1. The van der Waals surface area contributed by atoms with E-state index in [2.05, 4.69) is 12.1 Å². The van der Waals surface area contributed by atoms with Crippen molar-refractivity contribution < 1.29 is 9.90 Å². The lowest BCUT2D eigenvalue weighted by Gasteiger charge is -2.27. The largest absolute Gasteiger partial charge is 0.378 e. The minimum atomic E-state index is -1.08. The molecule has 2 unspecified atom stereocenters. The zero-order valence-corrected chi connectivity index (χ0v) is 12.8. The molecule has 3 rings (SSSR count). The maximum Gasteiger partial charge on any atom is 0.256 e. The summed E-state index contributed by atoms with van der Waals surface area (Å²) >= 11 is 0. The number of carbonyl (C=O) groups is 1. The minimum absolute atomic E-state index is 0.0776. The maximum atomic E-state index is 12.7. The molecule has 0 spiro atoms. The van der Waals surface area contributed by atoms with Gasteiger partial charge in [-0.2, -0.15) is 0 Å². The number of rotatable bonds is 3. The number of likely N-dealkylation sites (tertiary alicyclic amines) is 1. The van der Waals surface area contributed by atoms with Gasteiger partial charge in [0, 0.05) is 6.54 Å². The third kappa shape index (κ3) is 2.90. The van der Waals surface area contributed by atoms with Crippen LogP contribution < -0.4 is 0 Å². The average Bonchev–Trinajstić information content (AvgIpc) is 3.04. The number of carbonyl (C=O) groups excluding carboxylic acids is 1. The molecule has 22 heavy (non-hydrogen) atoms. The van der Waals surface area contributed by atoms with Gasteiger partial charge in [-0.05, 0) is 30.9 Å². The molecule has 1 saturated heterocycles. The Hall–Kier alpha value is -2.13. The molecule has 1 aliphatic heterocycles. The van der Waals surface area contributed by atoms with Crippen molar-refractivity contribution in [1.82, 2.24) is 4.90 Å². The normalized spacial score (nSPS) is 19.2. The number of amides is 1. The highest BCUT2D eigenvalue weighted by molar-refractivity contribution is 5.82. The van der Waals surface area contributed by atoms with E-state index >= 15 is 0 Å². The Balaban J connectivity index is 1.80. The first kappa shape index (κ1) is 14.8. The summed E-state index contributed by atoms with van der Waals surface area (Å²) in [7, 11) is 0. The van der Waals surface area contributed by atoms with Crippen LogP contribution in [0.4, 0.5) is 0 Å². The van der Waals surface area contributed by atoms with Crippen LogP contribution in [0.5, 0.6) is 0 Å². The molecule has 1 N–H and O–H groups in total. The molecule has 0 saturated carbocycles. The van der Waals surface area contributed by atoms with E-state index in [1.165, 1.54) is 0 Å². The number of aliphatic hydroxyl groups is 1. The van der Waals surface area contributed by atoms with Crippen molar-refractivity contribution in [2.24, 2.45) is 0 Å². The lowest BCUT2D eigenvalue weighted by molar-refractivity contribution is -0.141. The second-order valence-electron chi connectivity index (χ2n) is 5.91. The maximum absolute atomic E-state index is 12.7. The zero-order chi connectivity index (χ0) is 15.5. The summed E-state index contributed by atoms with van der Waals surface area (Å²) in [6, 6.07) is 17.6. The van der Waals surface area contributed by atoms with Gasteiger partial charge >= 0.3 is 0 Å². The summed E-state index contributed by atoms with van der Waals surface area (Å²) in [5, 5.41) is 10.4. The van der Waals surface area contributed by atoms with Crippen molar-refractivity contribution in [3.8, 4) is 0 Å². The van der Waals surface area contributed by atoms with Crippen LogP contribution in [-0.2, 0) is 4.79 Å². The van der Waals surface area contributed by atoms with E-state index in [1.807, 2.05) is 54.3 Å². The van der Waals surface area contributed by atoms with Crippen LogP contribution in [0.1, 0.15) is 41.7 Å². The Morgan fingerprint density at radius 2 is 1.82 bits per heavy atom. The fraction of sp³-hybridized carbons (Fsp3) is 0.316. The van der Waals surface area contributed by atoms with E-state index in [-0.39, 0.29) is 11.9 Å². The molecular formula is C19H21NO2. The van der Waals surface area contributed by atoms with Gasteiger partial charge < -0.3 is 10.0 Å². The zero-order valence-electron chi connectivity index (χ0n) is 12.8. The van der Waals surface area contributed by atoms with Gasteiger partial charge in [0.1, 0.15) is 0 Å². The average molecular weight is 295 g/mol. The lowest BCUT2D eigenvalue weighted by Crippen LogP contribution is -2.34. The van der Waals surface area contributed by atoms with Gasteiger partial charge in [-0.25, -0.2) is 0 Å². The van der Waals surface area contributed by atoms with Crippen molar-refractivity contribution in [3.05, 3.63) is 71.3 Å². The molecule has 2 atom stereocenters. The predicted molar refractivity (Wildman–Crippen MR) is 86.3 cm³/mol. The predicted octanol–water partition coefficient (Wildman–Crippen LogP) is 3.39. The lowest BCUT2D eigenvalue weighted by atomic mass is 10.0. The summed E-state index contributed by atoms with van der Waals surface area (Å²) in [4.78, 5) is 14.5. The Bertz CT molecular complexity index is 636. The minimum Gasteiger partial charge on any atom is -0.378 e. The first-order valence-electron chi connectivity index (χ1n) is 7.77. The van der Waals surface area contributed by atoms with Crippen molar-refractivity contribution >= 4 is 5.91 Å². The number of benzene rings is 2. The van der Waals surface area contributed by atoms with Crippen LogP contribution in [0.3, 0.4) is 0 Å². The van der Waals surface area contributed by atoms with Crippen LogP contribution in [0.15, 0.2) is 54.6 Å². The van der Waals surface area contributed by atoms with E-state index in [1.54, 1.807) is 0 Å². The standard InChI is InChI=1S/C19H21NO2/c1-14-9-11-16(12-10-14)18(21)19(22)20-13-5-8-17(20)15-6-3-2-4-7-15/h2-4,6-7,9-12,17-18,21H,5,8,13H2,1H3. The molecule has 114 valence electrons. The quantitative estimate of drug-likeness (QED) is 0.943. The number of aryl methyl sites for hydroxylation is 1. The fourth-order valence-electron chi connectivity index (χ4n) is 3.10. The molecule has 0 radical (unpaired) electrons. The van der Waals surface area contributed by atoms with Gasteiger partial charge in [0.15, 0.2) is 6.10 Å². The van der Waals surface area contributed by atoms with Gasteiger partial charge in [0.05, 0.1) is 6.04 Å². The molecule has 2 aromatic carbocycles. The molecular weight excluding hydrogens is 274 g/mol. The highest BCUT2D eigenvalue weighted by Gasteiger charge is 2.33. The Morgan fingerprint density at radius 3 is 2.50 bits per heavy atom. The van der Waals surface area contributed by atoms with E-state index in [0.717, 1.165) is 24.0 Å². The molecule has 3 nitrogen and oxygen atoms in total. The topological polar surface area (TPSA) is 40.5 Å². The van der Waals surface area contributed by atoms with Gasteiger partial charge in [-0.3, -0.25) is 4.79 Å². The number of aliphatic hydroxyl groups excluding tert-OH is 1. The summed E-state index contributed by atoms with van der Waals surface area (Å²) < 4.78 is 0. The number of hydrogen-bond acceptors (Lipinski definition) is 2. The molecule has 1 amide bonds. The monoisotopic (exact) mass is 295 g/mol. The Morgan fingerprint density at radius 1 is 1.14 bits per heavy atom. The van der Waals surface area contributed by atoms with Crippen LogP contribution in [-0.4, -0.2) is 22.5 Å². The van der Waals surface area contributed by atoms with Crippen LogP contribution in [0.2, 0.25) is 0 Å². The van der Waals surface area contributed by atoms with Crippen LogP contribution >= 0.6 is 0 Å². The van der Waals surface area contributed by atoms with Gasteiger partial charge in [-0.15, -0.1) is 0 Å². The summed E-state index contributed by atoms with van der Waals surface area (Å²) in [6.07, 6.45) is 0.854. The summed E-state index contributed by atoms with van der Waals surface area (Å²) in [6.45, 7) is 2.70. The second-order valence-corrected chi connectivity index (χ2v) is 5.91. The molecule has 0 bridgehead atoms. The smallest absolute Gasteiger partial charge is 0.256 e. The molecule has 0 aromatic heterocycles.